The monoisotopic (exact) mass is 385 g/mol. The van der Waals surface area contributed by atoms with Crippen LogP contribution in [0.2, 0.25) is 0 Å². The van der Waals surface area contributed by atoms with E-state index in [9.17, 15) is 13.2 Å². The van der Waals surface area contributed by atoms with Crippen molar-refractivity contribution in [3.8, 4) is 11.5 Å². The molecule has 1 aromatic heterocycles. The molecule has 1 N–H and O–H groups in total. The highest BCUT2D eigenvalue weighted by Crippen LogP contribution is 2.29. The van der Waals surface area contributed by atoms with E-state index < -0.39 is 10.1 Å². The quantitative estimate of drug-likeness (QED) is 0.526. The van der Waals surface area contributed by atoms with E-state index >= 15 is 0 Å². The molecule has 0 unspecified atom stereocenters. The topological polar surface area (TPSA) is 90.9 Å². The van der Waals surface area contributed by atoms with E-state index in [0.717, 1.165) is 0 Å². The number of thiophene rings is 1. The van der Waals surface area contributed by atoms with Crippen LogP contribution in [0, 0.1) is 0 Å². The summed E-state index contributed by atoms with van der Waals surface area (Å²) in [6.07, 6.45) is 0.350. The molecule has 9 heteroatoms. The second-order valence-electron chi connectivity index (χ2n) is 4.88. The summed E-state index contributed by atoms with van der Waals surface area (Å²) in [5.41, 5.74) is 0. The average molecular weight is 385 g/mol. The Bertz CT molecular complexity index is 802. The zero-order valence-corrected chi connectivity index (χ0v) is 15.5. The van der Waals surface area contributed by atoms with Gasteiger partial charge < -0.3 is 14.8 Å². The number of benzene rings is 1. The lowest BCUT2D eigenvalue weighted by atomic mass is 10.3. The average Bonchev–Trinajstić information content (AvgIpc) is 3.15. The minimum atomic E-state index is -4.00. The van der Waals surface area contributed by atoms with E-state index in [4.69, 9.17) is 13.7 Å². The van der Waals surface area contributed by atoms with E-state index in [1.165, 1.54) is 37.7 Å². The third-order valence-electron chi connectivity index (χ3n) is 3.23. The fraction of sp³-hybridized carbons (Fsp3) is 0.312. The number of methoxy groups -OCH3 is 2. The molecule has 136 valence electrons. The van der Waals surface area contributed by atoms with Gasteiger partial charge in [0.15, 0.2) is 0 Å². The van der Waals surface area contributed by atoms with E-state index in [-0.39, 0.29) is 23.2 Å². The van der Waals surface area contributed by atoms with Gasteiger partial charge in [0.05, 0.1) is 25.7 Å². The first-order chi connectivity index (χ1) is 12.0. The molecule has 0 aliphatic heterocycles. The van der Waals surface area contributed by atoms with Gasteiger partial charge in [-0.2, -0.15) is 8.42 Å². The van der Waals surface area contributed by atoms with E-state index in [1.54, 1.807) is 18.2 Å². The molecule has 25 heavy (non-hydrogen) atoms. The number of hydrogen-bond acceptors (Lipinski definition) is 7. The van der Waals surface area contributed by atoms with Crippen LogP contribution >= 0.6 is 11.3 Å². The molecule has 0 fully saturated rings. The Balaban J connectivity index is 1.88. The Morgan fingerprint density at radius 1 is 1.20 bits per heavy atom. The molecule has 0 spiro atoms. The van der Waals surface area contributed by atoms with Crippen LogP contribution in [0.3, 0.4) is 0 Å². The first kappa shape index (κ1) is 19.2. The Labute approximate surface area is 150 Å². The predicted octanol–water partition coefficient (Wildman–Crippen LogP) is 2.29. The molecule has 1 aromatic carbocycles. The lowest BCUT2D eigenvalue weighted by molar-refractivity contribution is 0.0956. The molecule has 0 bridgehead atoms. The summed E-state index contributed by atoms with van der Waals surface area (Å²) < 4.78 is 39.8. The second kappa shape index (κ2) is 8.84. The van der Waals surface area contributed by atoms with Crippen molar-refractivity contribution in [2.75, 3.05) is 27.4 Å². The van der Waals surface area contributed by atoms with Crippen molar-refractivity contribution in [1.29, 1.82) is 0 Å². The van der Waals surface area contributed by atoms with Crippen LogP contribution in [0.5, 0.6) is 11.5 Å². The Morgan fingerprint density at radius 2 is 2.00 bits per heavy atom. The van der Waals surface area contributed by atoms with Crippen molar-refractivity contribution >= 4 is 27.4 Å². The van der Waals surface area contributed by atoms with E-state index in [1.807, 2.05) is 5.38 Å². The summed E-state index contributed by atoms with van der Waals surface area (Å²) in [4.78, 5) is 12.3. The molecule has 2 rings (SSSR count). The number of nitrogens with one attached hydrogen (secondary N) is 1. The third-order valence-corrected chi connectivity index (χ3v) is 5.43. The fourth-order valence-corrected chi connectivity index (χ4v) is 3.74. The number of carbonyl (C=O) groups excluding carboxylic acids is 1. The summed E-state index contributed by atoms with van der Waals surface area (Å²) in [6, 6.07) is 7.94. The number of amides is 1. The lowest BCUT2D eigenvalue weighted by Crippen LogP contribution is -2.24. The van der Waals surface area contributed by atoms with Gasteiger partial charge in [-0.25, -0.2) is 0 Å². The normalized spacial score (nSPS) is 11.1. The van der Waals surface area contributed by atoms with Crippen molar-refractivity contribution < 1.29 is 26.9 Å². The van der Waals surface area contributed by atoms with Crippen LogP contribution in [0.25, 0.3) is 0 Å². The van der Waals surface area contributed by atoms with Gasteiger partial charge in [0.1, 0.15) is 16.4 Å². The van der Waals surface area contributed by atoms with E-state index in [2.05, 4.69) is 5.32 Å². The lowest BCUT2D eigenvalue weighted by Gasteiger charge is -2.11. The summed E-state index contributed by atoms with van der Waals surface area (Å²) in [7, 11) is -1.18. The standard InChI is InChI=1S/C16H19NO6S2/c1-21-12-6-7-13(22-2)15(11-12)25(19,20)23-9-4-8-17-16(18)14-5-3-10-24-14/h3,5-7,10-11H,4,8-9H2,1-2H3,(H,17,18). The van der Waals surface area contributed by atoms with Crippen molar-refractivity contribution in [3.63, 3.8) is 0 Å². The van der Waals surface area contributed by atoms with Crippen molar-refractivity contribution in [2.24, 2.45) is 0 Å². The Morgan fingerprint density at radius 3 is 2.64 bits per heavy atom. The highest BCUT2D eigenvalue weighted by Gasteiger charge is 2.21. The molecule has 1 amide bonds. The number of ether oxygens (including phenoxy) is 2. The number of hydrogen-bond donors (Lipinski definition) is 1. The van der Waals surface area contributed by atoms with E-state index in [0.29, 0.717) is 23.6 Å². The van der Waals surface area contributed by atoms with Crippen molar-refractivity contribution in [3.05, 3.63) is 40.6 Å². The highest BCUT2D eigenvalue weighted by atomic mass is 32.2. The SMILES string of the molecule is COc1ccc(OC)c(S(=O)(=O)OCCCNC(=O)c2cccs2)c1. The first-order valence-electron chi connectivity index (χ1n) is 7.41. The molecular weight excluding hydrogens is 366 g/mol. The van der Waals surface area contributed by atoms with Crippen LogP contribution in [0.1, 0.15) is 16.1 Å². The zero-order valence-electron chi connectivity index (χ0n) is 13.9. The molecule has 0 atom stereocenters. The second-order valence-corrected chi connectivity index (χ2v) is 7.41. The minimum absolute atomic E-state index is 0.0621. The van der Waals surface area contributed by atoms with Crippen LogP contribution < -0.4 is 14.8 Å². The van der Waals surface area contributed by atoms with Gasteiger partial charge in [-0.15, -0.1) is 11.3 Å². The molecule has 0 aliphatic carbocycles. The zero-order chi connectivity index (χ0) is 18.3. The summed E-state index contributed by atoms with van der Waals surface area (Å²) in [5.74, 6) is 0.366. The molecular formula is C16H19NO6S2. The number of rotatable bonds is 9. The van der Waals surface area contributed by atoms with Crippen LogP contribution in [-0.2, 0) is 14.3 Å². The maximum absolute atomic E-state index is 12.3. The minimum Gasteiger partial charge on any atom is -0.497 e. The fourth-order valence-electron chi connectivity index (χ4n) is 1.98. The molecule has 0 saturated carbocycles. The van der Waals surface area contributed by atoms with Crippen molar-refractivity contribution in [1.82, 2.24) is 5.32 Å². The molecule has 2 aromatic rings. The molecule has 7 nitrogen and oxygen atoms in total. The van der Waals surface area contributed by atoms with Gasteiger partial charge in [0.2, 0.25) is 0 Å². The van der Waals surface area contributed by atoms with Gasteiger partial charge in [0.25, 0.3) is 5.91 Å². The van der Waals surface area contributed by atoms with Gasteiger partial charge in [-0.3, -0.25) is 8.98 Å². The molecule has 0 saturated heterocycles. The van der Waals surface area contributed by atoms with Gasteiger partial charge in [-0.1, -0.05) is 6.07 Å². The van der Waals surface area contributed by atoms with Gasteiger partial charge >= 0.3 is 10.1 Å². The first-order valence-corrected chi connectivity index (χ1v) is 9.70. The third kappa shape index (κ3) is 5.18. The maximum Gasteiger partial charge on any atom is 0.300 e. The molecule has 0 radical (unpaired) electrons. The van der Waals surface area contributed by atoms with Crippen LogP contribution in [0.4, 0.5) is 0 Å². The molecule has 1 heterocycles. The number of carbonyl (C=O) groups is 1. The smallest absolute Gasteiger partial charge is 0.300 e. The summed E-state index contributed by atoms with van der Waals surface area (Å²) >= 11 is 1.34. The Kier molecular flexibility index (Phi) is 6.80. The van der Waals surface area contributed by atoms with Crippen LogP contribution in [-0.4, -0.2) is 41.7 Å². The maximum atomic E-state index is 12.3. The highest BCUT2D eigenvalue weighted by molar-refractivity contribution is 7.86. The van der Waals surface area contributed by atoms with Gasteiger partial charge in [0, 0.05) is 12.6 Å². The molecule has 0 aliphatic rings. The summed E-state index contributed by atoms with van der Waals surface area (Å²) in [6.45, 7) is 0.245. The summed E-state index contributed by atoms with van der Waals surface area (Å²) in [5, 5.41) is 4.52. The largest absolute Gasteiger partial charge is 0.497 e. The predicted molar refractivity (Wildman–Crippen MR) is 94.0 cm³/mol. The van der Waals surface area contributed by atoms with Gasteiger partial charge in [-0.05, 0) is 30.0 Å². The Hall–Kier alpha value is -2.10. The van der Waals surface area contributed by atoms with Crippen LogP contribution in [0.15, 0.2) is 40.6 Å². The van der Waals surface area contributed by atoms with Crippen molar-refractivity contribution in [2.45, 2.75) is 11.3 Å².